The van der Waals surface area contributed by atoms with Crippen molar-refractivity contribution in [3.63, 3.8) is 0 Å². The quantitative estimate of drug-likeness (QED) is 0.894. The minimum absolute atomic E-state index is 0.108. The molecule has 3 N–H and O–H groups in total. The number of hydrogen-bond donors (Lipinski definition) is 2. The van der Waals surface area contributed by atoms with Crippen molar-refractivity contribution in [2.24, 2.45) is 11.7 Å². The van der Waals surface area contributed by atoms with Crippen LogP contribution in [0.3, 0.4) is 0 Å². The molecule has 1 amide bonds. The summed E-state index contributed by atoms with van der Waals surface area (Å²) in [5.74, 6) is 0.0368. The fourth-order valence-corrected chi connectivity index (χ4v) is 2.78. The molecular weight excluding hydrogens is 269 g/mol. The van der Waals surface area contributed by atoms with Crippen molar-refractivity contribution in [1.82, 2.24) is 4.90 Å². The molecule has 1 aromatic rings. The van der Waals surface area contributed by atoms with Gasteiger partial charge >= 0.3 is 0 Å². The van der Waals surface area contributed by atoms with Crippen molar-refractivity contribution < 1.29 is 9.18 Å². The smallest absolute Gasteiger partial charge is 0.238 e. The summed E-state index contributed by atoms with van der Waals surface area (Å²) in [5.41, 5.74) is 7.14. The SMILES string of the molecule is CCC1CN(CC(=O)Nc2ccc(C)c(F)c2)CCC1N. The second-order valence-corrected chi connectivity index (χ2v) is 5.87. The predicted molar refractivity (Wildman–Crippen MR) is 82.6 cm³/mol. The summed E-state index contributed by atoms with van der Waals surface area (Å²) in [6, 6.07) is 4.98. The highest BCUT2D eigenvalue weighted by atomic mass is 19.1. The number of carbonyl (C=O) groups is 1. The summed E-state index contributed by atoms with van der Waals surface area (Å²) in [6.45, 7) is 5.85. The van der Waals surface area contributed by atoms with Crippen molar-refractivity contribution in [2.75, 3.05) is 25.0 Å². The molecule has 2 unspecified atom stereocenters. The van der Waals surface area contributed by atoms with Gasteiger partial charge in [0.1, 0.15) is 5.82 Å². The minimum Gasteiger partial charge on any atom is -0.327 e. The van der Waals surface area contributed by atoms with Crippen LogP contribution in [0.1, 0.15) is 25.3 Å². The Morgan fingerprint density at radius 2 is 2.29 bits per heavy atom. The van der Waals surface area contributed by atoms with Crippen LogP contribution in [0.15, 0.2) is 18.2 Å². The molecular formula is C16H24FN3O. The Labute approximate surface area is 125 Å². The second-order valence-electron chi connectivity index (χ2n) is 5.87. The van der Waals surface area contributed by atoms with Gasteiger partial charge in [0.05, 0.1) is 6.54 Å². The van der Waals surface area contributed by atoms with Gasteiger partial charge in [-0.25, -0.2) is 4.39 Å². The van der Waals surface area contributed by atoms with Gasteiger partial charge in [-0.2, -0.15) is 0 Å². The van der Waals surface area contributed by atoms with Gasteiger partial charge in [0, 0.05) is 24.8 Å². The van der Waals surface area contributed by atoms with E-state index in [-0.39, 0.29) is 17.8 Å². The molecule has 116 valence electrons. The maximum absolute atomic E-state index is 13.5. The fourth-order valence-electron chi connectivity index (χ4n) is 2.78. The summed E-state index contributed by atoms with van der Waals surface area (Å²) < 4.78 is 13.5. The van der Waals surface area contributed by atoms with E-state index in [1.807, 2.05) is 0 Å². The van der Waals surface area contributed by atoms with Crippen LogP contribution in [0.2, 0.25) is 0 Å². The van der Waals surface area contributed by atoms with Crippen molar-refractivity contribution in [3.05, 3.63) is 29.6 Å². The lowest BCUT2D eigenvalue weighted by Crippen LogP contribution is -2.48. The monoisotopic (exact) mass is 293 g/mol. The number of likely N-dealkylation sites (tertiary alicyclic amines) is 1. The summed E-state index contributed by atoms with van der Waals surface area (Å²) in [6.07, 6.45) is 1.95. The number of halogens is 1. The molecule has 1 aliphatic heterocycles. The largest absolute Gasteiger partial charge is 0.327 e. The minimum atomic E-state index is -0.303. The lowest BCUT2D eigenvalue weighted by Gasteiger charge is -2.36. The summed E-state index contributed by atoms with van der Waals surface area (Å²) in [5, 5.41) is 2.75. The molecule has 0 aliphatic carbocycles. The third-order valence-corrected chi connectivity index (χ3v) is 4.22. The number of hydrogen-bond acceptors (Lipinski definition) is 3. The van der Waals surface area contributed by atoms with Crippen molar-refractivity contribution in [2.45, 2.75) is 32.7 Å². The number of anilines is 1. The van der Waals surface area contributed by atoms with Crippen LogP contribution in [0.5, 0.6) is 0 Å². The number of piperidine rings is 1. The second kappa shape index (κ2) is 7.00. The molecule has 0 spiro atoms. The first-order valence-corrected chi connectivity index (χ1v) is 7.53. The Bertz CT molecular complexity index is 506. The van der Waals surface area contributed by atoms with Gasteiger partial charge in [0.2, 0.25) is 5.91 Å². The molecule has 1 heterocycles. The van der Waals surface area contributed by atoms with Gasteiger partial charge in [-0.05, 0) is 37.0 Å². The van der Waals surface area contributed by atoms with Gasteiger partial charge in [0.15, 0.2) is 0 Å². The summed E-state index contributed by atoms with van der Waals surface area (Å²) in [4.78, 5) is 14.2. The molecule has 0 aromatic heterocycles. The zero-order valence-electron chi connectivity index (χ0n) is 12.7. The van der Waals surface area contributed by atoms with Crippen LogP contribution in [-0.2, 0) is 4.79 Å². The topological polar surface area (TPSA) is 58.4 Å². The number of nitrogens with zero attached hydrogens (tertiary/aromatic N) is 1. The van der Waals surface area contributed by atoms with Crippen LogP contribution in [0.4, 0.5) is 10.1 Å². The molecule has 2 atom stereocenters. The van der Waals surface area contributed by atoms with E-state index in [4.69, 9.17) is 5.73 Å². The molecule has 2 rings (SSSR count). The first-order chi connectivity index (χ1) is 9.99. The molecule has 1 aliphatic rings. The van der Waals surface area contributed by atoms with Gasteiger partial charge in [-0.15, -0.1) is 0 Å². The number of carbonyl (C=O) groups excluding carboxylic acids is 1. The highest BCUT2D eigenvalue weighted by Crippen LogP contribution is 2.18. The number of amides is 1. The Hall–Kier alpha value is -1.46. The van der Waals surface area contributed by atoms with E-state index in [1.165, 1.54) is 6.07 Å². The first kappa shape index (κ1) is 15.9. The van der Waals surface area contributed by atoms with Gasteiger partial charge in [-0.1, -0.05) is 19.4 Å². The average Bonchev–Trinajstić information content (AvgIpc) is 2.45. The Morgan fingerprint density at radius 1 is 1.52 bits per heavy atom. The van der Waals surface area contributed by atoms with Gasteiger partial charge < -0.3 is 11.1 Å². The first-order valence-electron chi connectivity index (χ1n) is 7.53. The van der Waals surface area contributed by atoms with E-state index >= 15 is 0 Å². The van der Waals surface area contributed by atoms with E-state index in [9.17, 15) is 9.18 Å². The molecule has 4 nitrogen and oxygen atoms in total. The van der Waals surface area contributed by atoms with Crippen LogP contribution in [0.25, 0.3) is 0 Å². The molecule has 0 saturated carbocycles. The van der Waals surface area contributed by atoms with E-state index in [1.54, 1.807) is 19.1 Å². The summed E-state index contributed by atoms with van der Waals surface area (Å²) >= 11 is 0. The predicted octanol–water partition coefficient (Wildman–Crippen LogP) is 2.13. The lowest BCUT2D eigenvalue weighted by atomic mass is 9.91. The van der Waals surface area contributed by atoms with E-state index in [0.717, 1.165) is 25.9 Å². The van der Waals surface area contributed by atoms with E-state index in [0.29, 0.717) is 23.7 Å². The molecule has 0 bridgehead atoms. The number of aryl methyl sites for hydroxylation is 1. The summed E-state index contributed by atoms with van der Waals surface area (Å²) in [7, 11) is 0. The number of rotatable bonds is 4. The highest BCUT2D eigenvalue weighted by Gasteiger charge is 2.26. The Balaban J connectivity index is 1.88. The maximum atomic E-state index is 13.5. The molecule has 5 heteroatoms. The molecule has 1 saturated heterocycles. The molecule has 1 fully saturated rings. The fraction of sp³-hybridized carbons (Fsp3) is 0.562. The van der Waals surface area contributed by atoms with Crippen LogP contribution < -0.4 is 11.1 Å². The number of benzene rings is 1. The number of nitrogens with one attached hydrogen (secondary N) is 1. The zero-order valence-corrected chi connectivity index (χ0v) is 12.7. The molecule has 1 aromatic carbocycles. The van der Waals surface area contributed by atoms with Crippen molar-refractivity contribution in [1.29, 1.82) is 0 Å². The average molecular weight is 293 g/mol. The van der Waals surface area contributed by atoms with Crippen LogP contribution >= 0.6 is 0 Å². The molecule has 21 heavy (non-hydrogen) atoms. The zero-order chi connectivity index (χ0) is 15.4. The Morgan fingerprint density at radius 3 is 2.95 bits per heavy atom. The van der Waals surface area contributed by atoms with Crippen molar-refractivity contribution >= 4 is 11.6 Å². The Kier molecular flexibility index (Phi) is 5.31. The lowest BCUT2D eigenvalue weighted by molar-refractivity contribution is -0.117. The van der Waals surface area contributed by atoms with Gasteiger partial charge in [-0.3, -0.25) is 9.69 Å². The van der Waals surface area contributed by atoms with Crippen LogP contribution in [-0.4, -0.2) is 36.5 Å². The standard InChI is InChI=1S/C16H24FN3O/c1-3-12-9-20(7-6-15(12)18)10-16(21)19-13-5-4-11(2)14(17)8-13/h4-5,8,12,15H,3,6-7,9-10,18H2,1-2H3,(H,19,21). The van der Waals surface area contributed by atoms with E-state index < -0.39 is 0 Å². The molecule has 0 radical (unpaired) electrons. The highest BCUT2D eigenvalue weighted by molar-refractivity contribution is 5.92. The normalized spacial score (nSPS) is 23.0. The number of nitrogens with two attached hydrogens (primary N) is 1. The van der Waals surface area contributed by atoms with Crippen molar-refractivity contribution in [3.8, 4) is 0 Å². The third-order valence-electron chi connectivity index (χ3n) is 4.22. The third kappa shape index (κ3) is 4.25. The maximum Gasteiger partial charge on any atom is 0.238 e. The van der Waals surface area contributed by atoms with Gasteiger partial charge in [0.25, 0.3) is 0 Å². The van der Waals surface area contributed by atoms with Crippen LogP contribution in [0, 0.1) is 18.7 Å². The van der Waals surface area contributed by atoms with E-state index in [2.05, 4.69) is 17.1 Å².